The lowest BCUT2D eigenvalue weighted by molar-refractivity contribution is 0.0598. The molecule has 0 saturated carbocycles. The highest BCUT2D eigenvalue weighted by molar-refractivity contribution is 7.89. The molecule has 1 fully saturated rings. The largest absolute Gasteiger partial charge is 0.495 e. The third kappa shape index (κ3) is 4.81. The molecule has 1 N–H and O–H groups in total. The van der Waals surface area contributed by atoms with Gasteiger partial charge in [-0.3, -0.25) is 4.79 Å². The molecule has 1 aliphatic rings. The molecule has 32 heavy (non-hydrogen) atoms. The van der Waals surface area contributed by atoms with Crippen LogP contribution < -0.4 is 10.1 Å². The molecule has 2 heterocycles. The number of sulfonamides is 1. The van der Waals surface area contributed by atoms with Gasteiger partial charge >= 0.3 is 5.97 Å². The van der Waals surface area contributed by atoms with Gasteiger partial charge in [0.1, 0.15) is 27.7 Å². The normalized spacial score (nSPS) is 17.1. The maximum atomic E-state index is 13.3. The predicted molar refractivity (Wildman–Crippen MR) is 116 cm³/mol. The van der Waals surface area contributed by atoms with Crippen LogP contribution in [-0.4, -0.2) is 51.4 Å². The highest BCUT2D eigenvalue weighted by Crippen LogP contribution is 2.31. The Morgan fingerprint density at radius 1 is 1.22 bits per heavy atom. The lowest BCUT2D eigenvalue weighted by Crippen LogP contribution is -2.42. The van der Waals surface area contributed by atoms with E-state index in [4.69, 9.17) is 13.9 Å². The van der Waals surface area contributed by atoms with Crippen molar-refractivity contribution in [1.29, 1.82) is 0 Å². The van der Waals surface area contributed by atoms with Gasteiger partial charge in [-0.2, -0.15) is 4.31 Å². The Morgan fingerprint density at radius 3 is 2.62 bits per heavy atom. The first-order valence-corrected chi connectivity index (χ1v) is 11.8. The summed E-state index contributed by atoms with van der Waals surface area (Å²) >= 11 is 0. The molecule has 1 saturated heterocycles. The fraction of sp³-hybridized carbons (Fsp3) is 0.455. The summed E-state index contributed by atoms with van der Waals surface area (Å²) in [7, 11) is -1.16. The highest BCUT2D eigenvalue weighted by Gasteiger charge is 2.33. The zero-order valence-electron chi connectivity index (χ0n) is 18.6. The van der Waals surface area contributed by atoms with Crippen LogP contribution in [0.5, 0.6) is 5.75 Å². The van der Waals surface area contributed by atoms with Crippen LogP contribution in [0.1, 0.15) is 58.4 Å². The standard InChI is InChI=1S/C22H28N2O7S/c1-14-7-5-6-10-24(14)32(27,28)20-11-16(8-9-19(20)29-3)21(25)23-13-17-12-18(15(2)31-17)22(26)30-4/h8-9,11-12,14H,5-7,10,13H2,1-4H3,(H,23,25). The lowest BCUT2D eigenvalue weighted by Gasteiger charge is -2.32. The molecule has 1 unspecified atom stereocenters. The van der Waals surface area contributed by atoms with Gasteiger partial charge < -0.3 is 19.2 Å². The molecule has 10 heteroatoms. The summed E-state index contributed by atoms with van der Waals surface area (Å²) in [5, 5.41) is 2.68. The van der Waals surface area contributed by atoms with Crippen LogP contribution in [0.15, 0.2) is 33.6 Å². The van der Waals surface area contributed by atoms with E-state index < -0.39 is 21.9 Å². The van der Waals surface area contributed by atoms with E-state index in [0.717, 1.165) is 19.3 Å². The van der Waals surface area contributed by atoms with Crippen molar-refractivity contribution in [2.24, 2.45) is 0 Å². The van der Waals surface area contributed by atoms with Crippen molar-refractivity contribution < 1.29 is 31.9 Å². The molecule has 1 amide bonds. The Morgan fingerprint density at radius 2 is 1.97 bits per heavy atom. The first-order chi connectivity index (χ1) is 15.2. The van der Waals surface area contributed by atoms with E-state index in [0.29, 0.717) is 18.1 Å². The molecule has 0 bridgehead atoms. The molecule has 1 atom stereocenters. The molecular formula is C22H28N2O7S. The number of carbonyl (C=O) groups excluding carboxylic acids is 2. The number of piperidine rings is 1. The predicted octanol–water partition coefficient (Wildman–Crippen LogP) is 2.88. The van der Waals surface area contributed by atoms with Gasteiger partial charge in [-0.15, -0.1) is 0 Å². The van der Waals surface area contributed by atoms with Crippen LogP contribution in [0.4, 0.5) is 0 Å². The van der Waals surface area contributed by atoms with E-state index in [1.165, 1.54) is 42.8 Å². The van der Waals surface area contributed by atoms with E-state index in [2.05, 4.69) is 5.32 Å². The van der Waals surface area contributed by atoms with Gasteiger partial charge in [0.2, 0.25) is 10.0 Å². The molecular weight excluding hydrogens is 436 g/mol. The number of ether oxygens (including phenoxy) is 2. The quantitative estimate of drug-likeness (QED) is 0.627. The van der Waals surface area contributed by atoms with Gasteiger partial charge in [-0.25, -0.2) is 13.2 Å². The van der Waals surface area contributed by atoms with Crippen molar-refractivity contribution >= 4 is 21.9 Å². The van der Waals surface area contributed by atoms with E-state index in [-0.39, 0.29) is 34.4 Å². The SMILES string of the molecule is COC(=O)c1cc(CNC(=O)c2ccc(OC)c(S(=O)(=O)N3CCCCC3C)c2)oc1C. The summed E-state index contributed by atoms with van der Waals surface area (Å²) in [6, 6.07) is 5.69. The number of nitrogens with zero attached hydrogens (tertiary/aromatic N) is 1. The van der Waals surface area contributed by atoms with E-state index in [1.54, 1.807) is 6.92 Å². The zero-order valence-corrected chi connectivity index (χ0v) is 19.5. The molecule has 1 aromatic heterocycles. The van der Waals surface area contributed by atoms with Crippen LogP contribution in [0.2, 0.25) is 0 Å². The number of esters is 1. The summed E-state index contributed by atoms with van der Waals surface area (Å²) in [5.74, 6) is -0.0664. The van der Waals surface area contributed by atoms with E-state index in [9.17, 15) is 18.0 Å². The summed E-state index contributed by atoms with van der Waals surface area (Å²) in [6.45, 7) is 3.96. The van der Waals surface area contributed by atoms with Crippen LogP contribution in [0.3, 0.4) is 0 Å². The number of hydrogen-bond acceptors (Lipinski definition) is 7. The lowest BCUT2D eigenvalue weighted by atomic mass is 10.1. The minimum atomic E-state index is -3.83. The van der Waals surface area contributed by atoms with Crippen LogP contribution in [0.25, 0.3) is 0 Å². The molecule has 2 aromatic rings. The monoisotopic (exact) mass is 464 g/mol. The fourth-order valence-electron chi connectivity index (χ4n) is 3.79. The molecule has 0 aliphatic carbocycles. The van der Waals surface area contributed by atoms with Crippen LogP contribution in [-0.2, 0) is 21.3 Å². The summed E-state index contributed by atoms with van der Waals surface area (Å²) in [6.07, 6.45) is 2.57. The second kappa shape index (κ2) is 9.74. The first kappa shape index (κ1) is 23.8. The highest BCUT2D eigenvalue weighted by atomic mass is 32.2. The summed E-state index contributed by atoms with van der Waals surface area (Å²) in [5.41, 5.74) is 0.454. The zero-order chi connectivity index (χ0) is 23.5. The van der Waals surface area contributed by atoms with Gasteiger partial charge in [-0.05, 0) is 51.0 Å². The third-order valence-corrected chi connectivity index (χ3v) is 7.59. The average molecular weight is 465 g/mol. The smallest absolute Gasteiger partial charge is 0.341 e. The molecule has 1 aromatic carbocycles. The topological polar surface area (TPSA) is 115 Å². The van der Waals surface area contributed by atoms with Crippen molar-refractivity contribution in [1.82, 2.24) is 9.62 Å². The van der Waals surface area contributed by atoms with Gasteiger partial charge in [0, 0.05) is 18.2 Å². The Bertz CT molecular complexity index is 1110. The van der Waals surface area contributed by atoms with Crippen molar-refractivity contribution in [2.45, 2.75) is 50.6 Å². The maximum Gasteiger partial charge on any atom is 0.341 e. The van der Waals surface area contributed by atoms with Crippen molar-refractivity contribution in [3.05, 3.63) is 46.9 Å². The number of methoxy groups -OCH3 is 2. The molecule has 174 valence electrons. The minimum absolute atomic E-state index is 0.0218. The van der Waals surface area contributed by atoms with Gasteiger partial charge in [0.05, 0.1) is 20.8 Å². The minimum Gasteiger partial charge on any atom is -0.495 e. The number of furan rings is 1. The fourth-order valence-corrected chi connectivity index (χ4v) is 5.67. The number of hydrogen-bond donors (Lipinski definition) is 1. The van der Waals surface area contributed by atoms with Crippen LogP contribution in [0, 0.1) is 6.92 Å². The Balaban J connectivity index is 1.81. The number of rotatable bonds is 7. The van der Waals surface area contributed by atoms with Gasteiger partial charge in [-0.1, -0.05) is 6.42 Å². The number of carbonyl (C=O) groups is 2. The summed E-state index contributed by atoms with van der Waals surface area (Å²) in [4.78, 5) is 24.4. The number of nitrogens with one attached hydrogen (secondary N) is 1. The molecule has 0 radical (unpaired) electrons. The van der Waals surface area contributed by atoms with Crippen molar-refractivity contribution in [3.63, 3.8) is 0 Å². The van der Waals surface area contributed by atoms with Crippen molar-refractivity contribution in [2.75, 3.05) is 20.8 Å². The summed E-state index contributed by atoms with van der Waals surface area (Å²) < 4.78 is 43.6. The van der Waals surface area contributed by atoms with Crippen LogP contribution >= 0.6 is 0 Å². The Hall–Kier alpha value is -2.85. The first-order valence-electron chi connectivity index (χ1n) is 10.3. The average Bonchev–Trinajstić information content (AvgIpc) is 3.17. The molecule has 3 rings (SSSR count). The second-order valence-electron chi connectivity index (χ2n) is 7.68. The molecule has 0 spiro atoms. The molecule has 9 nitrogen and oxygen atoms in total. The van der Waals surface area contributed by atoms with E-state index >= 15 is 0 Å². The number of amides is 1. The third-order valence-electron chi connectivity index (χ3n) is 5.55. The van der Waals surface area contributed by atoms with Gasteiger partial charge in [0.15, 0.2) is 0 Å². The number of benzene rings is 1. The van der Waals surface area contributed by atoms with Crippen molar-refractivity contribution in [3.8, 4) is 5.75 Å². The maximum absolute atomic E-state index is 13.3. The second-order valence-corrected chi connectivity index (χ2v) is 9.54. The van der Waals surface area contributed by atoms with Gasteiger partial charge in [0.25, 0.3) is 5.91 Å². The Kier molecular flexibility index (Phi) is 7.25. The Labute approximate surface area is 187 Å². The van der Waals surface area contributed by atoms with E-state index in [1.807, 2.05) is 6.92 Å². The molecule has 1 aliphatic heterocycles. The number of aryl methyl sites for hydroxylation is 1.